The molecule has 0 radical (unpaired) electrons. The SMILES string of the molecule is CCCCCC/C=C\C/C=C\CCCCCCCCCC(=O)OCC(COC(=O)CCCCCCCCCC)OC(=O)CCCCCCCCCCCCCCCCCC. The second-order valence-corrected chi connectivity index (χ2v) is 17.8. The van der Waals surface area contributed by atoms with Gasteiger partial charge < -0.3 is 14.2 Å². The van der Waals surface area contributed by atoms with Crippen molar-refractivity contribution in [1.82, 2.24) is 0 Å². The van der Waals surface area contributed by atoms with Crippen LogP contribution in [0, 0.1) is 0 Å². The number of allylic oxidation sites excluding steroid dienone is 4. The zero-order valence-corrected chi connectivity index (χ0v) is 40.2. The van der Waals surface area contributed by atoms with E-state index in [-0.39, 0.29) is 31.1 Å². The van der Waals surface area contributed by atoms with Crippen LogP contribution < -0.4 is 0 Å². The minimum Gasteiger partial charge on any atom is -0.462 e. The summed E-state index contributed by atoms with van der Waals surface area (Å²) in [7, 11) is 0. The summed E-state index contributed by atoms with van der Waals surface area (Å²) in [5.41, 5.74) is 0. The van der Waals surface area contributed by atoms with E-state index in [1.54, 1.807) is 0 Å². The van der Waals surface area contributed by atoms with Gasteiger partial charge in [-0.25, -0.2) is 0 Å². The van der Waals surface area contributed by atoms with Crippen molar-refractivity contribution in [1.29, 1.82) is 0 Å². The molecule has 0 aromatic heterocycles. The van der Waals surface area contributed by atoms with Gasteiger partial charge >= 0.3 is 17.9 Å². The molecule has 0 saturated carbocycles. The van der Waals surface area contributed by atoms with Crippen molar-refractivity contribution in [2.24, 2.45) is 0 Å². The van der Waals surface area contributed by atoms with Gasteiger partial charge in [0.25, 0.3) is 0 Å². The normalized spacial score (nSPS) is 12.1. The molecule has 0 N–H and O–H groups in total. The van der Waals surface area contributed by atoms with Gasteiger partial charge in [-0.2, -0.15) is 0 Å². The fourth-order valence-corrected chi connectivity index (χ4v) is 7.71. The Morgan fingerprint density at radius 3 is 0.933 bits per heavy atom. The number of carbonyl (C=O) groups excluding carboxylic acids is 3. The summed E-state index contributed by atoms with van der Waals surface area (Å²) in [4.78, 5) is 37.9. The maximum absolute atomic E-state index is 12.8. The quantitative estimate of drug-likeness (QED) is 0.0263. The molecular formula is C54H100O6. The Kier molecular flexibility index (Phi) is 47.8. The molecule has 0 fully saturated rings. The Labute approximate surface area is 373 Å². The summed E-state index contributed by atoms with van der Waals surface area (Å²) in [6.45, 7) is 6.62. The third-order valence-electron chi connectivity index (χ3n) is 11.7. The van der Waals surface area contributed by atoms with Crippen LogP contribution in [0.2, 0.25) is 0 Å². The summed E-state index contributed by atoms with van der Waals surface area (Å²) in [5.74, 6) is -0.867. The van der Waals surface area contributed by atoms with Gasteiger partial charge in [0.05, 0.1) is 0 Å². The second kappa shape index (κ2) is 49.5. The average molecular weight is 845 g/mol. The van der Waals surface area contributed by atoms with Gasteiger partial charge in [-0.1, -0.05) is 238 Å². The molecule has 0 aliphatic heterocycles. The fraction of sp³-hybridized carbons (Fsp3) is 0.870. The zero-order chi connectivity index (χ0) is 43.7. The number of hydrogen-bond donors (Lipinski definition) is 0. The molecule has 1 unspecified atom stereocenters. The van der Waals surface area contributed by atoms with E-state index < -0.39 is 6.10 Å². The summed E-state index contributed by atoms with van der Waals surface area (Å²) in [6, 6.07) is 0. The van der Waals surface area contributed by atoms with Crippen LogP contribution in [0.3, 0.4) is 0 Å². The topological polar surface area (TPSA) is 78.9 Å². The Hall–Kier alpha value is -2.11. The first-order valence-corrected chi connectivity index (χ1v) is 26.3. The van der Waals surface area contributed by atoms with Crippen LogP contribution in [0.1, 0.15) is 284 Å². The van der Waals surface area contributed by atoms with Crippen LogP contribution >= 0.6 is 0 Å². The molecule has 0 aliphatic rings. The summed E-state index contributed by atoms with van der Waals surface area (Å²) in [5, 5.41) is 0. The van der Waals surface area contributed by atoms with Gasteiger partial charge in [-0.3, -0.25) is 14.4 Å². The maximum atomic E-state index is 12.8. The molecule has 60 heavy (non-hydrogen) atoms. The van der Waals surface area contributed by atoms with Gasteiger partial charge in [-0.15, -0.1) is 0 Å². The van der Waals surface area contributed by atoms with Gasteiger partial charge in [-0.05, 0) is 51.4 Å². The third-order valence-corrected chi connectivity index (χ3v) is 11.7. The first-order chi connectivity index (χ1) is 29.5. The first-order valence-electron chi connectivity index (χ1n) is 26.3. The van der Waals surface area contributed by atoms with Crippen molar-refractivity contribution in [2.45, 2.75) is 290 Å². The highest BCUT2D eigenvalue weighted by Crippen LogP contribution is 2.16. The minimum atomic E-state index is -0.767. The van der Waals surface area contributed by atoms with Crippen LogP contribution in [0.4, 0.5) is 0 Å². The highest BCUT2D eigenvalue weighted by molar-refractivity contribution is 5.71. The smallest absolute Gasteiger partial charge is 0.306 e. The fourth-order valence-electron chi connectivity index (χ4n) is 7.71. The number of rotatable bonds is 48. The lowest BCUT2D eigenvalue weighted by Gasteiger charge is -2.18. The number of carbonyl (C=O) groups is 3. The van der Waals surface area contributed by atoms with Crippen LogP contribution in [-0.2, 0) is 28.6 Å². The molecule has 0 spiro atoms. The standard InChI is InChI=1S/C54H100O6/c1-4-7-10-13-16-19-21-23-25-27-28-30-31-33-35-38-41-44-47-53(56)59-50-51(49-58-52(55)46-43-40-37-18-15-12-9-6-3)60-54(57)48-45-42-39-36-34-32-29-26-24-22-20-17-14-11-8-5-2/h19,21,25,27,51H,4-18,20,22-24,26,28-50H2,1-3H3/b21-19-,27-25-. The van der Waals surface area contributed by atoms with Gasteiger partial charge in [0.2, 0.25) is 0 Å². The van der Waals surface area contributed by atoms with E-state index in [1.165, 1.54) is 173 Å². The van der Waals surface area contributed by atoms with Crippen LogP contribution in [-0.4, -0.2) is 37.2 Å². The molecule has 0 amide bonds. The summed E-state index contributed by atoms with van der Waals surface area (Å²) < 4.78 is 16.8. The molecule has 6 heteroatoms. The van der Waals surface area contributed by atoms with Crippen molar-refractivity contribution in [3.05, 3.63) is 24.3 Å². The van der Waals surface area contributed by atoms with Crippen molar-refractivity contribution in [3.8, 4) is 0 Å². The van der Waals surface area contributed by atoms with E-state index in [4.69, 9.17) is 14.2 Å². The average Bonchev–Trinajstić information content (AvgIpc) is 3.24. The lowest BCUT2D eigenvalue weighted by Crippen LogP contribution is -2.30. The molecule has 0 heterocycles. The van der Waals surface area contributed by atoms with Crippen LogP contribution in [0.5, 0.6) is 0 Å². The van der Waals surface area contributed by atoms with E-state index in [2.05, 4.69) is 45.1 Å². The highest BCUT2D eigenvalue weighted by atomic mass is 16.6. The second-order valence-electron chi connectivity index (χ2n) is 17.8. The Morgan fingerprint density at radius 2 is 0.600 bits per heavy atom. The van der Waals surface area contributed by atoms with E-state index in [0.717, 1.165) is 70.6 Å². The zero-order valence-electron chi connectivity index (χ0n) is 40.2. The number of hydrogen-bond acceptors (Lipinski definition) is 6. The molecule has 0 saturated heterocycles. The Bertz CT molecular complexity index is 973. The van der Waals surface area contributed by atoms with Gasteiger partial charge in [0, 0.05) is 19.3 Å². The van der Waals surface area contributed by atoms with Crippen LogP contribution in [0.15, 0.2) is 24.3 Å². The van der Waals surface area contributed by atoms with Crippen molar-refractivity contribution in [3.63, 3.8) is 0 Å². The van der Waals surface area contributed by atoms with Crippen molar-refractivity contribution >= 4 is 17.9 Å². The number of unbranched alkanes of at least 4 members (excludes halogenated alkanes) is 33. The Balaban J connectivity index is 4.26. The van der Waals surface area contributed by atoms with E-state index in [0.29, 0.717) is 19.3 Å². The third kappa shape index (κ3) is 46.9. The Morgan fingerprint density at radius 1 is 0.333 bits per heavy atom. The van der Waals surface area contributed by atoms with E-state index in [1.807, 2.05) is 0 Å². The number of ether oxygens (including phenoxy) is 3. The number of esters is 3. The molecule has 352 valence electrons. The summed E-state index contributed by atoms with van der Waals surface area (Å²) >= 11 is 0. The summed E-state index contributed by atoms with van der Waals surface area (Å²) in [6.07, 6.45) is 56.0. The highest BCUT2D eigenvalue weighted by Gasteiger charge is 2.19. The molecule has 0 rings (SSSR count). The maximum Gasteiger partial charge on any atom is 0.306 e. The minimum absolute atomic E-state index is 0.0696. The molecule has 0 bridgehead atoms. The first kappa shape index (κ1) is 57.9. The molecule has 6 nitrogen and oxygen atoms in total. The molecule has 0 aromatic rings. The largest absolute Gasteiger partial charge is 0.462 e. The van der Waals surface area contributed by atoms with Crippen LogP contribution in [0.25, 0.3) is 0 Å². The van der Waals surface area contributed by atoms with E-state index >= 15 is 0 Å². The predicted molar refractivity (Wildman–Crippen MR) is 256 cm³/mol. The predicted octanol–water partition coefficient (Wildman–Crippen LogP) is 17.2. The molecule has 1 atom stereocenters. The molecular weight excluding hydrogens is 745 g/mol. The van der Waals surface area contributed by atoms with Gasteiger partial charge in [0.1, 0.15) is 13.2 Å². The van der Waals surface area contributed by atoms with E-state index in [9.17, 15) is 14.4 Å². The van der Waals surface area contributed by atoms with Crippen molar-refractivity contribution in [2.75, 3.05) is 13.2 Å². The lowest BCUT2D eigenvalue weighted by atomic mass is 10.0. The lowest BCUT2D eigenvalue weighted by molar-refractivity contribution is -0.167. The molecule has 0 aliphatic carbocycles. The monoisotopic (exact) mass is 845 g/mol. The van der Waals surface area contributed by atoms with Gasteiger partial charge in [0.15, 0.2) is 6.10 Å². The van der Waals surface area contributed by atoms with Crippen molar-refractivity contribution < 1.29 is 28.6 Å². The molecule has 0 aromatic carbocycles.